The molecule has 0 radical (unpaired) electrons. The number of hydrogen-bond donors (Lipinski definition) is 2. The molecule has 2 N–H and O–H groups in total. The van der Waals surface area contributed by atoms with Gasteiger partial charge in [0.05, 0.1) is 0 Å². The Hall–Kier alpha value is -0.380. The summed E-state index contributed by atoms with van der Waals surface area (Å²) in [5, 5.41) is 12.3. The van der Waals surface area contributed by atoms with Crippen molar-refractivity contribution in [2.75, 3.05) is 26.2 Å². The van der Waals surface area contributed by atoms with Gasteiger partial charge in [-0.15, -0.1) is 6.58 Å². The molecule has 14 heavy (non-hydrogen) atoms. The highest BCUT2D eigenvalue weighted by Gasteiger charge is 2.32. The van der Waals surface area contributed by atoms with Gasteiger partial charge in [0.15, 0.2) is 0 Å². The Morgan fingerprint density at radius 3 is 2.93 bits per heavy atom. The van der Waals surface area contributed by atoms with E-state index in [2.05, 4.69) is 30.6 Å². The van der Waals surface area contributed by atoms with Crippen molar-refractivity contribution in [3.05, 3.63) is 12.7 Å². The summed E-state index contributed by atoms with van der Waals surface area (Å²) in [7, 11) is 0. The molecule has 1 aliphatic heterocycles. The quantitative estimate of drug-likeness (QED) is 0.650. The van der Waals surface area contributed by atoms with Gasteiger partial charge >= 0.3 is 0 Å². The summed E-state index contributed by atoms with van der Waals surface area (Å²) in [6, 6.07) is 0.424. The second-order valence-electron chi connectivity index (χ2n) is 4.60. The predicted octanol–water partition coefficient (Wildman–Crippen LogP) is 0.607. The molecule has 3 heteroatoms. The Bertz CT molecular complexity index is 192. The topological polar surface area (TPSA) is 35.5 Å². The molecule has 0 bridgehead atoms. The number of aliphatic hydroxyl groups is 1. The molecule has 0 aromatic heterocycles. The van der Waals surface area contributed by atoms with Crippen molar-refractivity contribution in [3.63, 3.8) is 0 Å². The average Bonchev–Trinajstić information content (AvgIpc) is 2.12. The van der Waals surface area contributed by atoms with Crippen LogP contribution in [0.4, 0.5) is 0 Å². The molecular weight excluding hydrogens is 176 g/mol. The Morgan fingerprint density at radius 1 is 1.64 bits per heavy atom. The molecule has 0 aromatic rings. The van der Waals surface area contributed by atoms with E-state index in [0.29, 0.717) is 6.04 Å². The second kappa shape index (κ2) is 4.91. The molecule has 0 aliphatic carbocycles. The minimum absolute atomic E-state index is 0.195. The molecule has 1 fully saturated rings. The molecule has 3 nitrogen and oxygen atoms in total. The summed E-state index contributed by atoms with van der Waals surface area (Å²) in [5.41, 5.74) is 0.195. The molecule has 0 amide bonds. The average molecular weight is 198 g/mol. The van der Waals surface area contributed by atoms with Crippen LogP contribution in [-0.4, -0.2) is 47.8 Å². The van der Waals surface area contributed by atoms with Crippen molar-refractivity contribution in [2.45, 2.75) is 31.8 Å². The van der Waals surface area contributed by atoms with Crippen LogP contribution in [0.25, 0.3) is 0 Å². The first-order chi connectivity index (χ1) is 6.60. The maximum absolute atomic E-state index is 8.89. The van der Waals surface area contributed by atoms with Crippen LogP contribution in [-0.2, 0) is 0 Å². The lowest BCUT2D eigenvalue weighted by Gasteiger charge is -2.45. The van der Waals surface area contributed by atoms with Crippen molar-refractivity contribution in [3.8, 4) is 0 Å². The number of hydrogen-bond acceptors (Lipinski definition) is 3. The van der Waals surface area contributed by atoms with E-state index in [1.54, 1.807) is 0 Å². The third-order valence-corrected chi connectivity index (χ3v) is 2.95. The van der Waals surface area contributed by atoms with Crippen molar-refractivity contribution >= 4 is 0 Å². The van der Waals surface area contributed by atoms with E-state index in [1.807, 2.05) is 6.08 Å². The van der Waals surface area contributed by atoms with Crippen molar-refractivity contribution in [1.82, 2.24) is 10.2 Å². The molecule has 1 heterocycles. The highest BCUT2D eigenvalue weighted by molar-refractivity contribution is 4.95. The normalized spacial score (nSPS) is 27.5. The van der Waals surface area contributed by atoms with Gasteiger partial charge in [0, 0.05) is 37.8 Å². The van der Waals surface area contributed by atoms with E-state index in [-0.39, 0.29) is 12.1 Å². The fraction of sp³-hybridized carbons (Fsp3) is 0.818. The van der Waals surface area contributed by atoms with Gasteiger partial charge in [-0.05, 0) is 20.3 Å². The lowest BCUT2D eigenvalue weighted by molar-refractivity contribution is 0.0707. The smallest absolute Gasteiger partial charge is 0.0446 e. The fourth-order valence-corrected chi connectivity index (χ4v) is 1.91. The second-order valence-corrected chi connectivity index (χ2v) is 4.60. The molecule has 0 aromatic carbocycles. The monoisotopic (exact) mass is 198 g/mol. The van der Waals surface area contributed by atoms with Crippen LogP contribution in [0, 0.1) is 0 Å². The van der Waals surface area contributed by atoms with Crippen molar-refractivity contribution in [1.29, 1.82) is 0 Å². The van der Waals surface area contributed by atoms with Gasteiger partial charge in [0.1, 0.15) is 0 Å². The lowest BCUT2D eigenvalue weighted by atomic mass is 9.96. The van der Waals surface area contributed by atoms with Gasteiger partial charge in [-0.1, -0.05) is 6.08 Å². The number of nitrogens with zero attached hydrogens (tertiary/aromatic N) is 1. The SMILES string of the molecule is C=CCN1CC(CCO)NCC1(C)C. The van der Waals surface area contributed by atoms with E-state index < -0.39 is 0 Å². The minimum atomic E-state index is 0.195. The Balaban J connectivity index is 2.53. The van der Waals surface area contributed by atoms with Crippen LogP contribution < -0.4 is 5.32 Å². The first kappa shape index (κ1) is 11.7. The highest BCUT2D eigenvalue weighted by atomic mass is 16.3. The van der Waals surface area contributed by atoms with Crippen molar-refractivity contribution < 1.29 is 5.11 Å². The van der Waals surface area contributed by atoms with E-state index >= 15 is 0 Å². The van der Waals surface area contributed by atoms with E-state index in [9.17, 15) is 0 Å². The molecular formula is C11H22N2O. The Kier molecular flexibility index (Phi) is 4.11. The van der Waals surface area contributed by atoms with Gasteiger partial charge < -0.3 is 10.4 Å². The molecule has 1 rings (SSSR count). The first-order valence-corrected chi connectivity index (χ1v) is 5.30. The molecule has 0 spiro atoms. The molecule has 1 atom stereocenters. The minimum Gasteiger partial charge on any atom is -0.396 e. The summed E-state index contributed by atoms with van der Waals surface area (Å²) in [4.78, 5) is 2.41. The molecule has 1 saturated heterocycles. The van der Waals surface area contributed by atoms with Crippen LogP contribution in [0.3, 0.4) is 0 Å². The van der Waals surface area contributed by atoms with Crippen LogP contribution >= 0.6 is 0 Å². The summed E-state index contributed by atoms with van der Waals surface area (Å²) >= 11 is 0. The third-order valence-electron chi connectivity index (χ3n) is 2.95. The maximum atomic E-state index is 8.89. The summed E-state index contributed by atoms with van der Waals surface area (Å²) in [6.07, 6.45) is 2.78. The summed E-state index contributed by atoms with van der Waals surface area (Å²) < 4.78 is 0. The molecule has 1 aliphatic rings. The summed E-state index contributed by atoms with van der Waals surface area (Å²) in [6.45, 7) is 11.4. The van der Waals surface area contributed by atoms with Gasteiger partial charge in [-0.25, -0.2) is 0 Å². The molecule has 0 saturated carbocycles. The Labute approximate surface area is 86.8 Å². The zero-order valence-electron chi connectivity index (χ0n) is 9.29. The van der Waals surface area contributed by atoms with Crippen molar-refractivity contribution in [2.24, 2.45) is 0 Å². The van der Waals surface area contributed by atoms with E-state index in [0.717, 1.165) is 26.1 Å². The van der Waals surface area contributed by atoms with Gasteiger partial charge in [-0.3, -0.25) is 4.90 Å². The number of nitrogens with one attached hydrogen (secondary N) is 1. The number of piperazine rings is 1. The predicted molar refractivity (Wildman–Crippen MR) is 59.3 cm³/mol. The number of rotatable bonds is 4. The lowest BCUT2D eigenvalue weighted by Crippen LogP contribution is -2.61. The maximum Gasteiger partial charge on any atom is 0.0446 e. The fourth-order valence-electron chi connectivity index (χ4n) is 1.91. The van der Waals surface area contributed by atoms with Gasteiger partial charge in [0.2, 0.25) is 0 Å². The van der Waals surface area contributed by atoms with Crippen LogP contribution in [0.5, 0.6) is 0 Å². The standard InChI is InChI=1S/C11H22N2O/c1-4-6-13-8-10(5-7-14)12-9-11(13,2)3/h4,10,12,14H,1,5-9H2,2-3H3. The summed E-state index contributed by atoms with van der Waals surface area (Å²) in [5.74, 6) is 0. The zero-order valence-corrected chi connectivity index (χ0v) is 9.29. The van der Waals surface area contributed by atoms with Crippen LogP contribution in [0.15, 0.2) is 12.7 Å². The number of aliphatic hydroxyl groups excluding tert-OH is 1. The van der Waals surface area contributed by atoms with E-state index in [4.69, 9.17) is 5.11 Å². The zero-order chi connectivity index (χ0) is 10.6. The van der Waals surface area contributed by atoms with E-state index in [1.165, 1.54) is 0 Å². The third kappa shape index (κ3) is 2.80. The largest absolute Gasteiger partial charge is 0.396 e. The molecule has 1 unspecified atom stereocenters. The van der Waals surface area contributed by atoms with Crippen LogP contribution in [0.1, 0.15) is 20.3 Å². The van der Waals surface area contributed by atoms with Crippen LogP contribution in [0.2, 0.25) is 0 Å². The Morgan fingerprint density at radius 2 is 2.36 bits per heavy atom. The van der Waals surface area contributed by atoms with Gasteiger partial charge in [0.25, 0.3) is 0 Å². The molecule has 82 valence electrons. The highest BCUT2D eigenvalue weighted by Crippen LogP contribution is 2.18. The van der Waals surface area contributed by atoms with Gasteiger partial charge in [-0.2, -0.15) is 0 Å². The first-order valence-electron chi connectivity index (χ1n) is 5.30.